The van der Waals surface area contributed by atoms with E-state index in [4.69, 9.17) is 9.52 Å². The number of hydrogen-bond donors (Lipinski definition) is 1. The van der Waals surface area contributed by atoms with Crippen molar-refractivity contribution in [2.45, 2.75) is 12.8 Å². The van der Waals surface area contributed by atoms with Gasteiger partial charge in [-0.1, -0.05) is 0 Å². The number of oxazole rings is 1. The number of aromatic nitrogens is 1. The van der Waals surface area contributed by atoms with Crippen LogP contribution in [0, 0.1) is 0 Å². The Balaban J connectivity index is 1.86. The van der Waals surface area contributed by atoms with Gasteiger partial charge in [0, 0.05) is 26.2 Å². The second-order valence-electron chi connectivity index (χ2n) is 4.16. The van der Waals surface area contributed by atoms with Crippen molar-refractivity contribution in [2.24, 2.45) is 0 Å². The summed E-state index contributed by atoms with van der Waals surface area (Å²) in [5.41, 5.74) is 0.419. The third kappa shape index (κ3) is 3.36. The van der Waals surface area contributed by atoms with Crippen LogP contribution in [-0.4, -0.2) is 53.9 Å². The van der Waals surface area contributed by atoms with Crippen LogP contribution in [0.4, 0.5) is 19.2 Å². The molecule has 0 aromatic carbocycles. The molecule has 0 bridgehead atoms. The molecule has 8 heteroatoms. The zero-order valence-corrected chi connectivity index (χ0v) is 9.65. The topological polar surface area (TPSA) is 52.7 Å². The molecule has 1 N–H and O–H groups in total. The minimum absolute atomic E-state index is 0.211. The largest absolute Gasteiger partial charge is 0.432 e. The van der Waals surface area contributed by atoms with Crippen molar-refractivity contribution >= 4 is 6.01 Å². The summed E-state index contributed by atoms with van der Waals surface area (Å²) < 4.78 is 41.7. The smallest absolute Gasteiger partial charge is 0.401 e. The van der Waals surface area contributed by atoms with Crippen molar-refractivity contribution in [1.82, 2.24) is 9.88 Å². The predicted molar refractivity (Wildman–Crippen MR) is 57.1 cm³/mol. The first-order valence-electron chi connectivity index (χ1n) is 5.57. The number of anilines is 1. The van der Waals surface area contributed by atoms with Crippen LogP contribution < -0.4 is 4.90 Å². The molecule has 0 atom stereocenters. The van der Waals surface area contributed by atoms with E-state index in [9.17, 15) is 13.2 Å². The van der Waals surface area contributed by atoms with E-state index in [2.05, 4.69) is 4.98 Å². The minimum Gasteiger partial charge on any atom is -0.432 e. The number of piperazine rings is 1. The molecular formula is C10H14F3N3O2. The van der Waals surface area contributed by atoms with Crippen LogP contribution in [0.1, 0.15) is 5.69 Å². The van der Waals surface area contributed by atoms with E-state index in [0.717, 1.165) is 0 Å². The fourth-order valence-corrected chi connectivity index (χ4v) is 1.86. The molecule has 2 heterocycles. The van der Waals surface area contributed by atoms with Crippen LogP contribution in [0.3, 0.4) is 0 Å². The van der Waals surface area contributed by atoms with Crippen LogP contribution in [0.2, 0.25) is 0 Å². The molecule has 1 aromatic heterocycles. The Bertz CT molecular complexity index is 386. The molecule has 0 unspecified atom stereocenters. The third-order valence-corrected chi connectivity index (χ3v) is 2.75. The highest BCUT2D eigenvalue weighted by atomic mass is 19.4. The molecule has 0 amide bonds. The second-order valence-corrected chi connectivity index (χ2v) is 4.16. The SMILES string of the molecule is OCc1coc(N2CCN(CC(F)(F)F)CC2)n1. The summed E-state index contributed by atoms with van der Waals surface area (Å²) >= 11 is 0. The average molecular weight is 265 g/mol. The van der Waals surface area contributed by atoms with Crippen molar-refractivity contribution < 1.29 is 22.7 Å². The van der Waals surface area contributed by atoms with E-state index in [1.807, 2.05) is 0 Å². The Hall–Kier alpha value is -1.28. The molecule has 2 rings (SSSR count). The number of hydrogen-bond acceptors (Lipinski definition) is 5. The van der Waals surface area contributed by atoms with E-state index >= 15 is 0 Å². The van der Waals surface area contributed by atoms with E-state index in [1.165, 1.54) is 11.2 Å². The molecule has 0 radical (unpaired) electrons. The first-order valence-corrected chi connectivity index (χ1v) is 5.57. The fraction of sp³-hybridized carbons (Fsp3) is 0.700. The van der Waals surface area contributed by atoms with Gasteiger partial charge in [-0.2, -0.15) is 18.2 Å². The van der Waals surface area contributed by atoms with Crippen molar-refractivity contribution in [3.8, 4) is 0 Å². The highest BCUT2D eigenvalue weighted by Crippen LogP contribution is 2.20. The molecule has 102 valence electrons. The van der Waals surface area contributed by atoms with Crippen LogP contribution in [-0.2, 0) is 6.61 Å². The van der Waals surface area contributed by atoms with Crippen molar-refractivity contribution in [2.75, 3.05) is 37.6 Å². The van der Waals surface area contributed by atoms with Crippen molar-refractivity contribution in [1.29, 1.82) is 0 Å². The van der Waals surface area contributed by atoms with Gasteiger partial charge in [-0.25, -0.2) is 0 Å². The number of aliphatic hydroxyl groups is 1. The van der Waals surface area contributed by atoms with Crippen LogP contribution in [0.25, 0.3) is 0 Å². The first kappa shape index (κ1) is 13.2. The number of rotatable bonds is 3. The summed E-state index contributed by atoms with van der Waals surface area (Å²) in [7, 11) is 0. The first-order chi connectivity index (χ1) is 8.48. The fourth-order valence-electron chi connectivity index (χ4n) is 1.86. The lowest BCUT2D eigenvalue weighted by Crippen LogP contribution is -2.49. The van der Waals surface area contributed by atoms with Crippen LogP contribution in [0.15, 0.2) is 10.7 Å². The Kier molecular flexibility index (Phi) is 3.76. The number of aliphatic hydroxyl groups excluding tert-OH is 1. The van der Waals surface area contributed by atoms with Gasteiger partial charge < -0.3 is 14.4 Å². The molecule has 1 saturated heterocycles. The summed E-state index contributed by atoms with van der Waals surface area (Å²) in [6, 6.07) is 0.353. The molecule has 1 aliphatic rings. The summed E-state index contributed by atoms with van der Waals surface area (Å²) in [6.07, 6.45) is -2.81. The Morgan fingerprint density at radius 1 is 1.28 bits per heavy atom. The van der Waals surface area contributed by atoms with E-state index in [-0.39, 0.29) is 6.61 Å². The van der Waals surface area contributed by atoms with Crippen LogP contribution in [0.5, 0.6) is 0 Å². The standard InChI is InChI=1S/C10H14F3N3O2/c11-10(12,13)7-15-1-3-16(4-2-15)9-14-8(5-17)6-18-9/h6,17H,1-5,7H2. The summed E-state index contributed by atoms with van der Waals surface area (Å²) in [5, 5.41) is 8.84. The van der Waals surface area contributed by atoms with Crippen molar-refractivity contribution in [3.63, 3.8) is 0 Å². The van der Waals surface area contributed by atoms with Crippen molar-refractivity contribution in [3.05, 3.63) is 12.0 Å². The van der Waals surface area contributed by atoms with Gasteiger partial charge in [0.15, 0.2) is 0 Å². The van der Waals surface area contributed by atoms with Gasteiger partial charge in [-0.15, -0.1) is 0 Å². The van der Waals surface area contributed by atoms with Gasteiger partial charge in [-0.05, 0) is 0 Å². The summed E-state index contributed by atoms with van der Waals surface area (Å²) in [6.45, 7) is 0.404. The normalized spacial score (nSPS) is 18.3. The molecule has 18 heavy (non-hydrogen) atoms. The molecule has 0 aliphatic carbocycles. The van der Waals surface area contributed by atoms with Gasteiger partial charge in [0.05, 0.1) is 13.2 Å². The zero-order valence-electron chi connectivity index (χ0n) is 9.65. The lowest BCUT2D eigenvalue weighted by atomic mass is 10.3. The number of alkyl halides is 3. The minimum atomic E-state index is -4.16. The maximum atomic E-state index is 12.2. The highest BCUT2D eigenvalue weighted by molar-refractivity contribution is 5.27. The van der Waals surface area contributed by atoms with Gasteiger partial charge in [-0.3, -0.25) is 4.90 Å². The Morgan fingerprint density at radius 3 is 2.44 bits per heavy atom. The maximum Gasteiger partial charge on any atom is 0.401 e. The van der Waals surface area contributed by atoms with E-state index < -0.39 is 12.7 Å². The Labute approximate surface area is 102 Å². The second kappa shape index (κ2) is 5.15. The molecule has 0 saturated carbocycles. The quantitative estimate of drug-likeness (QED) is 0.878. The third-order valence-electron chi connectivity index (χ3n) is 2.75. The van der Waals surface area contributed by atoms with Gasteiger partial charge in [0.25, 0.3) is 6.01 Å². The zero-order chi connectivity index (χ0) is 13.2. The van der Waals surface area contributed by atoms with Gasteiger partial charge >= 0.3 is 6.18 Å². The predicted octanol–water partition coefficient (Wildman–Crippen LogP) is 0.851. The van der Waals surface area contributed by atoms with Gasteiger partial charge in [0.1, 0.15) is 12.0 Å². The molecule has 1 fully saturated rings. The average Bonchev–Trinajstić information content (AvgIpc) is 2.76. The van der Waals surface area contributed by atoms with E-state index in [0.29, 0.717) is 37.9 Å². The lowest BCUT2D eigenvalue weighted by Gasteiger charge is -2.34. The summed E-state index contributed by atoms with van der Waals surface area (Å²) in [4.78, 5) is 7.14. The highest BCUT2D eigenvalue weighted by Gasteiger charge is 2.32. The number of nitrogens with zero attached hydrogens (tertiary/aromatic N) is 3. The van der Waals surface area contributed by atoms with E-state index in [1.54, 1.807) is 4.90 Å². The summed E-state index contributed by atoms with van der Waals surface area (Å²) in [5.74, 6) is 0. The van der Waals surface area contributed by atoms with Gasteiger partial charge in [0.2, 0.25) is 0 Å². The molecular weight excluding hydrogens is 251 g/mol. The lowest BCUT2D eigenvalue weighted by molar-refractivity contribution is -0.146. The molecule has 1 aliphatic heterocycles. The number of halogens is 3. The van der Waals surface area contributed by atoms with Crippen LogP contribution >= 0.6 is 0 Å². The molecule has 5 nitrogen and oxygen atoms in total. The molecule has 0 spiro atoms. The Morgan fingerprint density at radius 2 is 1.94 bits per heavy atom. The monoisotopic (exact) mass is 265 g/mol. The maximum absolute atomic E-state index is 12.2. The molecule has 1 aromatic rings.